The minimum atomic E-state index is -0.166. The highest BCUT2D eigenvalue weighted by Gasteiger charge is 2.07. The Balaban J connectivity index is 1.20. The van der Waals surface area contributed by atoms with E-state index in [1.807, 2.05) is 96.7 Å². The van der Waals surface area contributed by atoms with Gasteiger partial charge in [0, 0.05) is 47.3 Å². The molecule has 35 heavy (non-hydrogen) atoms. The molecule has 5 rings (SSSR count). The molecule has 0 radical (unpaired) electrons. The third-order valence-corrected chi connectivity index (χ3v) is 5.29. The molecule has 0 aliphatic carbocycles. The summed E-state index contributed by atoms with van der Waals surface area (Å²) in [4.78, 5) is 25.5. The second-order valence-corrected chi connectivity index (χ2v) is 7.93. The van der Waals surface area contributed by atoms with Crippen molar-refractivity contribution >= 4 is 34.7 Å². The number of nitrogens with zero attached hydrogens (tertiary/aromatic N) is 4. The molecule has 0 fully saturated rings. The van der Waals surface area contributed by atoms with Crippen LogP contribution < -0.4 is 16.0 Å². The van der Waals surface area contributed by atoms with Crippen LogP contribution in [0, 0.1) is 6.92 Å². The van der Waals surface area contributed by atoms with E-state index in [0.29, 0.717) is 28.7 Å². The molecule has 5 aromatic rings. The Hall–Kier alpha value is -4.98. The number of aromatic nitrogens is 4. The molecule has 0 aliphatic heterocycles. The molecule has 3 N–H and O–H groups in total. The molecule has 1 amide bonds. The van der Waals surface area contributed by atoms with Gasteiger partial charge in [0.15, 0.2) is 0 Å². The largest absolute Gasteiger partial charge is 0.340 e. The molecule has 0 bridgehead atoms. The molecule has 0 atom stereocenters. The van der Waals surface area contributed by atoms with E-state index in [1.165, 1.54) is 6.33 Å². The Morgan fingerprint density at radius 1 is 0.743 bits per heavy atom. The molecule has 0 saturated heterocycles. The molecule has 3 aromatic heterocycles. The molecule has 0 aliphatic rings. The topological polar surface area (TPSA) is 96.8 Å². The van der Waals surface area contributed by atoms with Gasteiger partial charge in [0.25, 0.3) is 5.91 Å². The first-order valence-corrected chi connectivity index (χ1v) is 11.1. The first-order valence-electron chi connectivity index (χ1n) is 11.1. The minimum Gasteiger partial charge on any atom is -0.340 e. The van der Waals surface area contributed by atoms with Gasteiger partial charge in [-0.05, 0) is 85.3 Å². The van der Waals surface area contributed by atoms with E-state index in [-0.39, 0.29) is 5.91 Å². The summed E-state index contributed by atoms with van der Waals surface area (Å²) in [5.74, 6) is 1.82. The van der Waals surface area contributed by atoms with Crippen molar-refractivity contribution in [3.05, 3.63) is 115 Å². The van der Waals surface area contributed by atoms with Gasteiger partial charge in [0.1, 0.15) is 23.8 Å². The van der Waals surface area contributed by atoms with Gasteiger partial charge in [-0.3, -0.25) is 4.79 Å². The van der Waals surface area contributed by atoms with E-state index in [0.717, 1.165) is 16.9 Å². The summed E-state index contributed by atoms with van der Waals surface area (Å²) in [6, 6.07) is 24.5. The highest BCUT2D eigenvalue weighted by atomic mass is 16.1. The number of rotatable bonds is 7. The number of pyridine rings is 1. The molecule has 2 aromatic carbocycles. The van der Waals surface area contributed by atoms with E-state index in [1.54, 1.807) is 12.3 Å². The normalized spacial score (nSPS) is 10.5. The number of benzene rings is 2. The molecular weight excluding hydrogens is 438 g/mol. The fourth-order valence-electron chi connectivity index (χ4n) is 3.51. The second kappa shape index (κ2) is 9.88. The van der Waals surface area contributed by atoms with Crippen LogP contribution in [0.2, 0.25) is 0 Å². The number of hydrogen-bond acceptors (Lipinski definition) is 6. The zero-order valence-corrected chi connectivity index (χ0v) is 19.0. The number of aryl methyl sites for hydroxylation is 1. The van der Waals surface area contributed by atoms with Crippen LogP contribution in [0.4, 0.5) is 28.8 Å². The lowest BCUT2D eigenvalue weighted by molar-refractivity contribution is 0.102. The SMILES string of the molecule is Cc1ccnc(Nc2cc(Nc3ccc(NC(=O)c4ccc(-n5cccc5)cc4)cc3)ncn2)c1. The van der Waals surface area contributed by atoms with Gasteiger partial charge >= 0.3 is 0 Å². The Kier molecular flexibility index (Phi) is 6.17. The summed E-state index contributed by atoms with van der Waals surface area (Å²) in [5, 5.41) is 9.35. The van der Waals surface area contributed by atoms with E-state index < -0.39 is 0 Å². The van der Waals surface area contributed by atoms with E-state index in [9.17, 15) is 4.79 Å². The van der Waals surface area contributed by atoms with Crippen LogP contribution in [-0.2, 0) is 0 Å². The molecule has 8 nitrogen and oxygen atoms in total. The summed E-state index contributed by atoms with van der Waals surface area (Å²) in [6.45, 7) is 2.01. The smallest absolute Gasteiger partial charge is 0.255 e. The van der Waals surface area contributed by atoms with E-state index >= 15 is 0 Å². The maximum atomic E-state index is 12.6. The summed E-state index contributed by atoms with van der Waals surface area (Å²) < 4.78 is 1.99. The number of carbonyl (C=O) groups is 1. The Bertz CT molecular complexity index is 1430. The van der Waals surface area contributed by atoms with Crippen LogP contribution in [0.1, 0.15) is 15.9 Å². The van der Waals surface area contributed by atoms with Gasteiger partial charge in [-0.1, -0.05) is 0 Å². The number of carbonyl (C=O) groups excluding carboxylic acids is 1. The maximum Gasteiger partial charge on any atom is 0.255 e. The van der Waals surface area contributed by atoms with Crippen molar-refractivity contribution in [3.63, 3.8) is 0 Å². The van der Waals surface area contributed by atoms with Gasteiger partial charge in [-0.15, -0.1) is 0 Å². The fraction of sp³-hybridized carbons (Fsp3) is 0.0370. The predicted molar refractivity (Wildman–Crippen MR) is 138 cm³/mol. The van der Waals surface area contributed by atoms with Crippen LogP contribution in [0.25, 0.3) is 5.69 Å². The predicted octanol–water partition coefficient (Wildman–Crippen LogP) is 5.71. The Labute approximate surface area is 202 Å². The van der Waals surface area contributed by atoms with Crippen molar-refractivity contribution in [1.82, 2.24) is 19.5 Å². The summed E-state index contributed by atoms with van der Waals surface area (Å²) in [5.41, 5.74) is 4.23. The number of anilines is 5. The van der Waals surface area contributed by atoms with E-state index in [4.69, 9.17) is 0 Å². The average molecular weight is 462 g/mol. The molecule has 0 spiro atoms. The van der Waals surface area contributed by atoms with Crippen molar-refractivity contribution in [2.75, 3.05) is 16.0 Å². The van der Waals surface area contributed by atoms with Gasteiger partial charge in [0.2, 0.25) is 0 Å². The lowest BCUT2D eigenvalue weighted by atomic mass is 10.2. The van der Waals surface area contributed by atoms with Crippen molar-refractivity contribution in [3.8, 4) is 5.69 Å². The standard InChI is InChI=1S/C27H23N7O/c1-19-12-13-28-24(16-19)33-26-17-25(29-18-30-26)31-21-6-8-22(9-7-21)32-27(35)20-4-10-23(11-5-20)34-14-2-3-15-34/h2-18H,1H3,(H,32,35)(H2,28,29,30,31,33). The Morgan fingerprint density at radius 2 is 1.40 bits per heavy atom. The zero-order chi connectivity index (χ0) is 24.0. The molecule has 0 saturated carbocycles. The third-order valence-electron chi connectivity index (χ3n) is 5.29. The van der Waals surface area contributed by atoms with Crippen LogP contribution in [0.15, 0.2) is 104 Å². The van der Waals surface area contributed by atoms with Crippen LogP contribution >= 0.6 is 0 Å². The molecule has 8 heteroatoms. The monoisotopic (exact) mass is 461 g/mol. The Morgan fingerprint density at radius 3 is 2.11 bits per heavy atom. The van der Waals surface area contributed by atoms with Crippen molar-refractivity contribution in [2.24, 2.45) is 0 Å². The van der Waals surface area contributed by atoms with Crippen LogP contribution in [-0.4, -0.2) is 25.4 Å². The first kappa shape index (κ1) is 21.8. The average Bonchev–Trinajstić information content (AvgIpc) is 3.41. The summed E-state index contributed by atoms with van der Waals surface area (Å²) in [7, 11) is 0. The second-order valence-electron chi connectivity index (χ2n) is 7.93. The lowest BCUT2D eigenvalue weighted by Gasteiger charge is -2.10. The number of nitrogens with one attached hydrogen (secondary N) is 3. The zero-order valence-electron chi connectivity index (χ0n) is 19.0. The van der Waals surface area contributed by atoms with Gasteiger partial charge in [-0.2, -0.15) is 0 Å². The van der Waals surface area contributed by atoms with Crippen LogP contribution in [0.5, 0.6) is 0 Å². The van der Waals surface area contributed by atoms with Gasteiger partial charge < -0.3 is 20.5 Å². The molecular formula is C27H23N7O. The molecule has 0 unspecified atom stereocenters. The number of hydrogen-bond donors (Lipinski definition) is 3. The fourth-order valence-corrected chi connectivity index (χ4v) is 3.51. The highest BCUT2D eigenvalue weighted by Crippen LogP contribution is 2.21. The van der Waals surface area contributed by atoms with Crippen molar-refractivity contribution in [2.45, 2.75) is 6.92 Å². The van der Waals surface area contributed by atoms with Gasteiger partial charge in [0.05, 0.1) is 0 Å². The molecule has 172 valence electrons. The minimum absolute atomic E-state index is 0.166. The highest BCUT2D eigenvalue weighted by molar-refractivity contribution is 6.04. The van der Waals surface area contributed by atoms with Crippen molar-refractivity contribution < 1.29 is 4.79 Å². The summed E-state index contributed by atoms with van der Waals surface area (Å²) in [6.07, 6.45) is 7.16. The number of amides is 1. The van der Waals surface area contributed by atoms with Gasteiger partial charge in [-0.25, -0.2) is 15.0 Å². The van der Waals surface area contributed by atoms with Crippen molar-refractivity contribution in [1.29, 1.82) is 0 Å². The lowest BCUT2D eigenvalue weighted by Crippen LogP contribution is -2.11. The molecule has 3 heterocycles. The van der Waals surface area contributed by atoms with Crippen LogP contribution in [0.3, 0.4) is 0 Å². The quantitative estimate of drug-likeness (QED) is 0.287. The first-order chi connectivity index (χ1) is 17.1. The maximum absolute atomic E-state index is 12.6. The third kappa shape index (κ3) is 5.51. The van der Waals surface area contributed by atoms with E-state index in [2.05, 4.69) is 30.9 Å². The summed E-state index contributed by atoms with van der Waals surface area (Å²) >= 11 is 0.